The monoisotopic (exact) mass is 449 g/mol. The molecule has 0 bridgehead atoms. The molecule has 9 heteroatoms. The van der Waals surface area contributed by atoms with Gasteiger partial charge in [0.1, 0.15) is 5.82 Å². The number of ether oxygens (including phenoxy) is 2. The SMILES string of the molecule is CCOc1ccc(/C=C/C(=O)N2CCCN(c3ccc(C(F)(F)F)cn3)CC2)cc1OC. The van der Waals surface area contributed by atoms with Crippen molar-refractivity contribution in [3.63, 3.8) is 0 Å². The molecule has 3 rings (SSSR count). The zero-order valence-electron chi connectivity index (χ0n) is 18.1. The molecule has 2 aromatic rings. The third kappa shape index (κ3) is 5.93. The van der Waals surface area contributed by atoms with Gasteiger partial charge in [0.2, 0.25) is 5.91 Å². The summed E-state index contributed by atoms with van der Waals surface area (Å²) in [5.41, 5.74) is 0.0352. The molecule has 1 aromatic carbocycles. The van der Waals surface area contributed by atoms with Crippen LogP contribution in [0, 0.1) is 0 Å². The zero-order chi connectivity index (χ0) is 23.1. The van der Waals surface area contributed by atoms with Gasteiger partial charge in [-0.3, -0.25) is 4.79 Å². The maximum atomic E-state index is 12.7. The fourth-order valence-electron chi connectivity index (χ4n) is 3.44. The maximum absolute atomic E-state index is 12.7. The lowest BCUT2D eigenvalue weighted by atomic mass is 10.2. The quantitative estimate of drug-likeness (QED) is 0.617. The van der Waals surface area contributed by atoms with Gasteiger partial charge in [0.05, 0.1) is 19.3 Å². The average molecular weight is 449 g/mol. The topological polar surface area (TPSA) is 54.9 Å². The highest BCUT2D eigenvalue weighted by atomic mass is 19.4. The molecule has 1 saturated heterocycles. The van der Waals surface area contributed by atoms with E-state index in [1.165, 1.54) is 12.1 Å². The van der Waals surface area contributed by atoms with Crippen LogP contribution in [0.2, 0.25) is 0 Å². The maximum Gasteiger partial charge on any atom is 0.417 e. The van der Waals surface area contributed by atoms with Gasteiger partial charge in [-0.2, -0.15) is 13.2 Å². The minimum absolute atomic E-state index is 0.125. The molecule has 0 spiro atoms. The number of aromatic nitrogens is 1. The molecule has 0 radical (unpaired) electrons. The van der Waals surface area contributed by atoms with Gasteiger partial charge < -0.3 is 19.3 Å². The van der Waals surface area contributed by atoms with E-state index in [1.54, 1.807) is 30.2 Å². The molecule has 6 nitrogen and oxygen atoms in total. The molecule has 1 aliphatic heterocycles. The van der Waals surface area contributed by atoms with Crippen LogP contribution < -0.4 is 14.4 Å². The first-order chi connectivity index (χ1) is 15.3. The molecular formula is C23H26F3N3O3. The van der Waals surface area contributed by atoms with Gasteiger partial charge in [0.15, 0.2) is 11.5 Å². The largest absolute Gasteiger partial charge is 0.493 e. The van der Waals surface area contributed by atoms with Crippen LogP contribution in [0.5, 0.6) is 11.5 Å². The minimum atomic E-state index is -4.41. The molecule has 0 N–H and O–H groups in total. The first kappa shape index (κ1) is 23.4. The summed E-state index contributed by atoms with van der Waals surface area (Å²) in [5.74, 6) is 1.59. The lowest BCUT2D eigenvalue weighted by Gasteiger charge is -2.22. The predicted octanol–water partition coefficient (Wildman–Crippen LogP) is 4.26. The molecule has 1 amide bonds. The van der Waals surface area contributed by atoms with Gasteiger partial charge in [0, 0.05) is 38.5 Å². The number of nitrogens with zero attached hydrogens (tertiary/aromatic N) is 3. The third-order valence-electron chi connectivity index (χ3n) is 5.11. The highest BCUT2D eigenvalue weighted by molar-refractivity contribution is 5.92. The third-order valence-corrected chi connectivity index (χ3v) is 5.11. The Kier molecular flexibility index (Phi) is 7.61. The normalized spacial score (nSPS) is 15.0. The Hall–Kier alpha value is -3.23. The smallest absolute Gasteiger partial charge is 0.417 e. The highest BCUT2D eigenvalue weighted by Gasteiger charge is 2.31. The van der Waals surface area contributed by atoms with Crippen LogP contribution >= 0.6 is 0 Å². The lowest BCUT2D eigenvalue weighted by molar-refractivity contribution is -0.137. The number of amides is 1. The van der Waals surface area contributed by atoms with Crippen molar-refractivity contribution in [1.29, 1.82) is 0 Å². The molecule has 0 aliphatic carbocycles. The van der Waals surface area contributed by atoms with E-state index in [-0.39, 0.29) is 5.91 Å². The number of anilines is 1. The Bertz CT molecular complexity index is 946. The Balaban J connectivity index is 1.61. The summed E-state index contributed by atoms with van der Waals surface area (Å²) in [4.78, 5) is 20.3. The number of alkyl halides is 3. The van der Waals surface area contributed by atoms with Crippen LogP contribution in [0.25, 0.3) is 6.08 Å². The van der Waals surface area contributed by atoms with Gasteiger partial charge in [-0.1, -0.05) is 6.07 Å². The summed E-state index contributed by atoms with van der Waals surface area (Å²) in [6.45, 7) is 4.54. The Morgan fingerprint density at radius 2 is 1.94 bits per heavy atom. The molecule has 0 unspecified atom stereocenters. The van der Waals surface area contributed by atoms with Crippen molar-refractivity contribution in [2.24, 2.45) is 0 Å². The number of hydrogen-bond donors (Lipinski definition) is 0. The zero-order valence-corrected chi connectivity index (χ0v) is 18.1. The predicted molar refractivity (Wildman–Crippen MR) is 116 cm³/mol. The van der Waals surface area contributed by atoms with Crippen LogP contribution in [0.15, 0.2) is 42.6 Å². The molecule has 1 aliphatic rings. The lowest BCUT2D eigenvalue weighted by Crippen LogP contribution is -2.34. The molecular weight excluding hydrogens is 423 g/mol. The van der Waals surface area contributed by atoms with Gasteiger partial charge >= 0.3 is 6.18 Å². The minimum Gasteiger partial charge on any atom is -0.493 e. The molecule has 172 valence electrons. The van der Waals surface area contributed by atoms with Crippen molar-refractivity contribution < 1.29 is 27.4 Å². The van der Waals surface area contributed by atoms with E-state index >= 15 is 0 Å². The van der Waals surface area contributed by atoms with Crippen molar-refractivity contribution in [2.75, 3.05) is 44.8 Å². The fraction of sp³-hybridized carbons (Fsp3) is 0.391. The first-order valence-electron chi connectivity index (χ1n) is 10.4. The Morgan fingerprint density at radius 3 is 2.59 bits per heavy atom. The summed E-state index contributed by atoms with van der Waals surface area (Å²) < 4.78 is 49.1. The van der Waals surface area contributed by atoms with Crippen LogP contribution in [-0.4, -0.2) is 55.7 Å². The van der Waals surface area contributed by atoms with E-state index in [9.17, 15) is 18.0 Å². The summed E-state index contributed by atoms with van der Waals surface area (Å²) in [6, 6.07) is 7.85. The fourth-order valence-corrected chi connectivity index (χ4v) is 3.44. The van der Waals surface area contributed by atoms with Crippen LogP contribution in [0.3, 0.4) is 0 Å². The number of methoxy groups -OCH3 is 1. The summed E-state index contributed by atoms with van der Waals surface area (Å²) >= 11 is 0. The number of carbonyl (C=O) groups excluding carboxylic acids is 1. The van der Waals surface area contributed by atoms with Crippen molar-refractivity contribution >= 4 is 17.8 Å². The van der Waals surface area contributed by atoms with Crippen LogP contribution in [0.4, 0.5) is 19.0 Å². The standard InChI is InChI=1S/C23H26F3N3O3/c1-3-32-19-8-5-17(15-20(19)31-2)6-10-22(30)29-12-4-11-28(13-14-29)21-9-7-18(16-27-21)23(24,25)26/h5-10,15-16H,3-4,11-14H2,1-2H3/b10-6+. The number of hydrogen-bond acceptors (Lipinski definition) is 5. The first-order valence-corrected chi connectivity index (χ1v) is 10.4. The number of carbonyl (C=O) groups is 1. The van der Waals surface area contributed by atoms with Gasteiger partial charge in [0.25, 0.3) is 0 Å². The summed E-state index contributed by atoms with van der Waals surface area (Å²) in [5, 5.41) is 0. The second-order valence-electron chi connectivity index (χ2n) is 7.25. The van der Waals surface area contributed by atoms with Crippen molar-refractivity contribution in [3.05, 3.63) is 53.7 Å². The molecule has 0 atom stereocenters. The van der Waals surface area contributed by atoms with E-state index < -0.39 is 11.7 Å². The summed E-state index contributed by atoms with van der Waals surface area (Å²) in [6.07, 6.45) is 0.366. The number of benzene rings is 1. The van der Waals surface area contributed by atoms with Gasteiger partial charge in [-0.25, -0.2) is 4.98 Å². The van der Waals surface area contributed by atoms with Crippen LogP contribution in [-0.2, 0) is 11.0 Å². The van der Waals surface area contributed by atoms with Crippen molar-refractivity contribution in [3.8, 4) is 11.5 Å². The number of halogens is 3. The molecule has 1 aromatic heterocycles. The van der Waals surface area contributed by atoms with E-state index in [0.29, 0.717) is 56.5 Å². The van der Waals surface area contributed by atoms with E-state index in [0.717, 1.165) is 17.8 Å². The summed E-state index contributed by atoms with van der Waals surface area (Å²) in [7, 11) is 1.56. The van der Waals surface area contributed by atoms with E-state index in [4.69, 9.17) is 9.47 Å². The number of rotatable bonds is 6. The molecule has 0 saturated carbocycles. The van der Waals surface area contributed by atoms with Gasteiger partial charge in [-0.15, -0.1) is 0 Å². The van der Waals surface area contributed by atoms with Gasteiger partial charge in [-0.05, 0) is 49.2 Å². The highest BCUT2D eigenvalue weighted by Crippen LogP contribution is 2.30. The average Bonchev–Trinajstić information content (AvgIpc) is 3.04. The second kappa shape index (κ2) is 10.4. The number of pyridine rings is 1. The Labute approximate surface area is 185 Å². The van der Waals surface area contributed by atoms with Crippen molar-refractivity contribution in [2.45, 2.75) is 19.5 Å². The molecule has 2 heterocycles. The second-order valence-corrected chi connectivity index (χ2v) is 7.25. The van der Waals surface area contributed by atoms with E-state index in [2.05, 4.69) is 4.98 Å². The molecule has 32 heavy (non-hydrogen) atoms. The van der Waals surface area contributed by atoms with E-state index in [1.807, 2.05) is 17.9 Å². The van der Waals surface area contributed by atoms with Crippen LogP contribution in [0.1, 0.15) is 24.5 Å². The molecule has 1 fully saturated rings. The Morgan fingerprint density at radius 1 is 1.12 bits per heavy atom. The van der Waals surface area contributed by atoms with Crippen molar-refractivity contribution in [1.82, 2.24) is 9.88 Å².